The number of hydrogen-bond donors (Lipinski definition) is 1. The van der Waals surface area contributed by atoms with Crippen molar-refractivity contribution in [1.82, 2.24) is 14.5 Å². The molecular formula is C16H16N4O3. The van der Waals surface area contributed by atoms with Gasteiger partial charge in [-0.25, -0.2) is 9.97 Å². The number of ketones is 1. The predicted molar refractivity (Wildman–Crippen MR) is 86.1 cm³/mol. The number of hydrogen-bond acceptors (Lipinski definition) is 6. The van der Waals surface area contributed by atoms with E-state index < -0.39 is 0 Å². The van der Waals surface area contributed by atoms with Gasteiger partial charge in [0.25, 0.3) is 0 Å². The minimum atomic E-state index is -0.362. The number of benzene rings is 1. The first-order valence-electron chi connectivity index (χ1n) is 7.22. The number of carbonyl (C=O) groups excluding carboxylic acids is 2. The SMILES string of the molecule is CCOC(=O)Cn1c2ccc(C(C)=O)cc2c2c(N)ncnc21. The van der Waals surface area contributed by atoms with Crippen LogP contribution in [0, 0.1) is 0 Å². The normalized spacial score (nSPS) is 11.0. The second kappa shape index (κ2) is 5.68. The van der Waals surface area contributed by atoms with Crippen molar-refractivity contribution in [2.24, 2.45) is 0 Å². The number of esters is 1. The fourth-order valence-corrected chi connectivity index (χ4v) is 2.65. The summed E-state index contributed by atoms with van der Waals surface area (Å²) in [5, 5.41) is 1.38. The average Bonchev–Trinajstić information content (AvgIpc) is 2.82. The molecule has 0 unspecified atom stereocenters. The number of nitrogen functional groups attached to an aromatic ring is 1. The summed E-state index contributed by atoms with van der Waals surface area (Å²) in [4.78, 5) is 31.8. The Balaban J connectivity index is 2.31. The van der Waals surface area contributed by atoms with Crippen molar-refractivity contribution >= 4 is 39.5 Å². The summed E-state index contributed by atoms with van der Waals surface area (Å²) in [6, 6.07) is 5.25. The van der Waals surface area contributed by atoms with E-state index in [4.69, 9.17) is 10.5 Å². The molecule has 0 aliphatic rings. The van der Waals surface area contributed by atoms with Crippen molar-refractivity contribution < 1.29 is 14.3 Å². The number of anilines is 1. The van der Waals surface area contributed by atoms with E-state index >= 15 is 0 Å². The van der Waals surface area contributed by atoms with E-state index in [0.29, 0.717) is 29.0 Å². The maximum absolute atomic E-state index is 11.9. The molecule has 3 rings (SSSR count). The lowest BCUT2D eigenvalue weighted by Gasteiger charge is -2.06. The van der Waals surface area contributed by atoms with Gasteiger partial charge in [0.15, 0.2) is 5.78 Å². The van der Waals surface area contributed by atoms with Gasteiger partial charge in [0.1, 0.15) is 24.3 Å². The summed E-state index contributed by atoms with van der Waals surface area (Å²) >= 11 is 0. The minimum absolute atomic E-state index is 0.0176. The van der Waals surface area contributed by atoms with Gasteiger partial charge >= 0.3 is 5.97 Å². The van der Waals surface area contributed by atoms with Crippen LogP contribution in [0.2, 0.25) is 0 Å². The van der Waals surface area contributed by atoms with Crippen molar-refractivity contribution in [2.75, 3.05) is 12.3 Å². The van der Waals surface area contributed by atoms with Crippen LogP contribution in [-0.4, -0.2) is 32.9 Å². The molecule has 7 heteroatoms. The lowest BCUT2D eigenvalue weighted by Crippen LogP contribution is -2.13. The van der Waals surface area contributed by atoms with Crippen molar-refractivity contribution in [3.05, 3.63) is 30.1 Å². The molecule has 0 spiro atoms. The third-order valence-electron chi connectivity index (χ3n) is 3.67. The highest BCUT2D eigenvalue weighted by atomic mass is 16.5. The Kier molecular flexibility index (Phi) is 3.69. The molecule has 0 saturated carbocycles. The number of ether oxygens (including phenoxy) is 1. The van der Waals surface area contributed by atoms with E-state index in [9.17, 15) is 9.59 Å². The fraction of sp³-hybridized carbons (Fsp3) is 0.250. The van der Waals surface area contributed by atoms with E-state index in [2.05, 4.69) is 9.97 Å². The van der Waals surface area contributed by atoms with Crippen molar-refractivity contribution in [3.63, 3.8) is 0 Å². The van der Waals surface area contributed by atoms with Crippen LogP contribution in [0.1, 0.15) is 24.2 Å². The van der Waals surface area contributed by atoms with E-state index in [1.165, 1.54) is 13.3 Å². The highest BCUT2D eigenvalue weighted by molar-refractivity contribution is 6.13. The summed E-state index contributed by atoms with van der Waals surface area (Å²) in [7, 11) is 0. The van der Waals surface area contributed by atoms with Gasteiger partial charge in [-0.3, -0.25) is 9.59 Å². The molecule has 0 fully saturated rings. The summed E-state index contributed by atoms with van der Waals surface area (Å²) < 4.78 is 6.74. The maximum atomic E-state index is 11.9. The van der Waals surface area contributed by atoms with Gasteiger partial charge in [-0.05, 0) is 32.0 Å². The number of fused-ring (bicyclic) bond motifs is 3. The Hall–Kier alpha value is -2.96. The van der Waals surface area contributed by atoms with Gasteiger partial charge in [-0.1, -0.05) is 0 Å². The topological polar surface area (TPSA) is 100 Å². The summed E-state index contributed by atoms with van der Waals surface area (Å²) in [5.41, 5.74) is 7.85. The first-order chi connectivity index (χ1) is 11.0. The monoisotopic (exact) mass is 312 g/mol. The standard InChI is InChI=1S/C16H16N4O3/c1-3-23-13(22)7-20-12-5-4-10(9(2)21)6-11(12)14-15(17)18-8-19-16(14)20/h4-6,8H,3,7H2,1-2H3,(H2,17,18,19). The molecular weight excluding hydrogens is 296 g/mol. The summed E-state index contributed by atoms with van der Waals surface area (Å²) in [5.74, 6) is -0.101. The molecule has 7 nitrogen and oxygen atoms in total. The van der Waals surface area contributed by atoms with Gasteiger partial charge in [-0.2, -0.15) is 0 Å². The van der Waals surface area contributed by atoms with Crippen LogP contribution < -0.4 is 5.73 Å². The minimum Gasteiger partial charge on any atom is -0.465 e. The van der Waals surface area contributed by atoms with Crippen LogP contribution in [0.3, 0.4) is 0 Å². The molecule has 2 N–H and O–H groups in total. The largest absolute Gasteiger partial charge is 0.465 e. The Morgan fingerprint density at radius 2 is 2.09 bits per heavy atom. The van der Waals surface area contributed by atoms with Gasteiger partial charge in [0, 0.05) is 10.9 Å². The number of nitrogens with two attached hydrogens (primary N) is 1. The Morgan fingerprint density at radius 3 is 2.78 bits per heavy atom. The first-order valence-corrected chi connectivity index (χ1v) is 7.22. The van der Waals surface area contributed by atoms with E-state index in [1.54, 1.807) is 29.7 Å². The number of rotatable bonds is 4. The molecule has 0 aliphatic heterocycles. The molecule has 0 saturated heterocycles. The summed E-state index contributed by atoms with van der Waals surface area (Å²) in [6.45, 7) is 3.58. The van der Waals surface area contributed by atoms with Gasteiger partial charge in [0.2, 0.25) is 0 Å². The number of Topliss-reactive ketones (excluding diaryl/α,β-unsaturated/α-hetero) is 1. The number of nitrogens with zero attached hydrogens (tertiary/aromatic N) is 3. The highest BCUT2D eigenvalue weighted by Crippen LogP contribution is 2.31. The van der Waals surface area contributed by atoms with E-state index in [-0.39, 0.29) is 18.3 Å². The van der Waals surface area contributed by atoms with Crippen LogP contribution in [0.15, 0.2) is 24.5 Å². The fourth-order valence-electron chi connectivity index (χ4n) is 2.65. The molecule has 2 aromatic heterocycles. The highest BCUT2D eigenvalue weighted by Gasteiger charge is 2.18. The zero-order chi connectivity index (χ0) is 16.6. The number of aromatic nitrogens is 3. The molecule has 0 radical (unpaired) electrons. The van der Waals surface area contributed by atoms with E-state index in [1.807, 2.05) is 0 Å². The smallest absolute Gasteiger partial charge is 0.326 e. The van der Waals surface area contributed by atoms with Crippen LogP contribution in [-0.2, 0) is 16.1 Å². The quantitative estimate of drug-likeness (QED) is 0.583. The molecule has 0 bridgehead atoms. The van der Waals surface area contributed by atoms with Crippen LogP contribution in [0.5, 0.6) is 0 Å². The second-order valence-electron chi connectivity index (χ2n) is 5.14. The molecule has 0 aliphatic carbocycles. The molecule has 0 amide bonds. The lowest BCUT2D eigenvalue weighted by molar-refractivity contribution is -0.143. The molecule has 118 valence electrons. The molecule has 3 aromatic rings. The predicted octanol–water partition coefficient (Wildman–Crippen LogP) is 1.93. The molecule has 23 heavy (non-hydrogen) atoms. The van der Waals surface area contributed by atoms with Crippen LogP contribution in [0.4, 0.5) is 5.82 Å². The van der Waals surface area contributed by atoms with Gasteiger partial charge in [0.05, 0.1) is 17.5 Å². The third-order valence-corrected chi connectivity index (χ3v) is 3.67. The lowest BCUT2D eigenvalue weighted by atomic mass is 10.1. The Morgan fingerprint density at radius 1 is 1.30 bits per heavy atom. The Bertz CT molecular complexity index is 930. The molecule has 0 atom stereocenters. The summed E-state index contributed by atoms with van der Waals surface area (Å²) in [6.07, 6.45) is 1.35. The molecule has 1 aromatic carbocycles. The first kappa shape index (κ1) is 15.0. The van der Waals surface area contributed by atoms with Crippen molar-refractivity contribution in [1.29, 1.82) is 0 Å². The van der Waals surface area contributed by atoms with Crippen LogP contribution >= 0.6 is 0 Å². The zero-order valence-corrected chi connectivity index (χ0v) is 12.9. The van der Waals surface area contributed by atoms with Crippen molar-refractivity contribution in [2.45, 2.75) is 20.4 Å². The van der Waals surface area contributed by atoms with E-state index in [0.717, 1.165) is 10.9 Å². The van der Waals surface area contributed by atoms with Gasteiger partial charge in [-0.15, -0.1) is 0 Å². The van der Waals surface area contributed by atoms with Gasteiger partial charge < -0.3 is 15.0 Å². The van der Waals surface area contributed by atoms with Crippen LogP contribution in [0.25, 0.3) is 21.9 Å². The second-order valence-corrected chi connectivity index (χ2v) is 5.14. The van der Waals surface area contributed by atoms with Crippen molar-refractivity contribution in [3.8, 4) is 0 Å². The third kappa shape index (κ3) is 2.50. The average molecular weight is 312 g/mol. The zero-order valence-electron chi connectivity index (χ0n) is 12.9. The Labute approximate surface area is 132 Å². The maximum Gasteiger partial charge on any atom is 0.326 e. The molecule has 2 heterocycles. The number of carbonyl (C=O) groups is 2.